The molecule has 5 rings (SSSR count). The van der Waals surface area contributed by atoms with Crippen LogP contribution in [-0.2, 0) is 0 Å². The Kier molecular flexibility index (Phi) is 5.71. The van der Waals surface area contributed by atoms with E-state index in [2.05, 4.69) is 28.1 Å². The van der Waals surface area contributed by atoms with E-state index < -0.39 is 11.4 Å². The van der Waals surface area contributed by atoms with Gasteiger partial charge in [0.2, 0.25) is 0 Å². The average molecular weight is 465 g/mol. The van der Waals surface area contributed by atoms with Crippen molar-refractivity contribution in [3.05, 3.63) is 54.0 Å². The maximum atomic E-state index is 14.2. The summed E-state index contributed by atoms with van der Waals surface area (Å²) in [7, 11) is 0. The fraction of sp³-hybridized carbons (Fsp3) is 0.400. The largest absolute Gasteiger partial charge is 0.488 e. The molecule has 9 heteroatoms. The van der Waals surface area contributed by atoms with Crippen molar-refractivity contribution in [3.8, 4) is 17.3 Å². The third-order valence-electron chi connectivity index (χ3n) is 6.24. The summed E-state index contributed by atoms with van der Waals surface area (Å²) in [5.41, 5.74) is 7.98. The number of likely N-dealkylation sites (tertiary alicyclic amines) is 1. The van der Waals surface area contributed by atoms with E-state index in [1.165, 1.54) is 12.1 Å². The number of rotatable bonds is 6. The van der Waals surface area contributed by atoms with Crippen LogP contribution in [0.3, 0.4) is 0 Å². The number of nitrogens with two attached hydrogens (primary N) is 1. The van der Waals surface area contributed by atoms with Gasteiger partial charge in [0, 0.05) is 42.8 Å². The third kappa shape index (κ3) is 4.46. The van der Waals surface area contributed by atoms with Gasteiger partial charge in [-0.25, -0.2) is 9.37 Å². The Labute approximate surface area is 197 Å². The summed E-state index contributed by atoms with van der Waals surface area (Å²) < 4.78 is 21.8. The zero-order valence-electron chi connectivity index (χ0n) is 19.6. The Morgan fingerprint density at radius 1 is 1.24 bits per heavy atom. The molecule has 0 aliphatic carbocycles. The van der Waals surface area contributed by atoms with Gasteiger partial charge in [-0.1, -0.05) is 12.1 Å². The van der Waals surface area contributed by atoms with E-state index in [1.54, 1.807) is 26.0 Å². The van der Waals surface area contributed by atoms with Gasteiger partial charge in [0.15, 0.2) is 11.5 Å². The number of nitrogens with zero attached hydrogens (tertiary/aromatic N) is 5. The standard InChI is InChI=1S/C25H29FN6O2/c1-15(31-9-8-19(27)13-31)17-5-7-22-29-30-24(32(22)12-17)20-6-4-16-10-18(26)11-21(23(16)28-20)34-14-25(2,3)33/h4-7,10-12,15,19,33H,8-9,13-14,27H2,1-3H3/t15-,19-/m0/s1. The number of aromatic nitrogens is 4. The Morgan fingerprint density at radius 2 is 2.06 bits per heavy atom. The first-order valence-corrected chi connectivity index (χ1v) is 11.5. The van der Waals surface area contributed by atoms with Crippen LogP contribution in [0.5, 0.6) is 5.75 Å². The van der Waals surface area contributed by atoms with Crippen molar-refractivity contribution in [3.63, 3.8) is 0 Å². The van der Waals surface area contributed by atoms with E-state index in [4.69, 9.17) is 15.5 Å². The van der Waals surface area contributed by atoms with Crippen LogP contribution in [0, 0.1) is 5.82 Å². The van der Waals surface area contributed by atoms with E-state index in [9.17, 15) is 9.50 Å². The molecule has 3 N–H and O–H groups in total. The molecule has 1 saturated heterocycles. The lowest BCUT2D eigenvalue weighted by Crippen LogP contribution is -2.28. The summed E-state index contributed by atoms with van der Waals surface area (Å²) in [6.07, 6.45) is 3.05. The summed E-state index contributed by atoms with van der Waals surface area (Å²) in [6, 6.07) is 10.7. The monoisotopic (exact) mass is 464 g/mol. The van der Waals surface area contributed by atoms with Crippen LogP contribution < -0.4 is 10.5 Å². The number of hydrogen-bond acceptors (Lipinski definition) is 7. The second-order valence-electron chi connectivity index (χ2n) is 9.71. The average Bonchev–Trinajstić information content (AvgIpc) is 3.42. The van der Waals surface area contributed by atoms with Gasteiger partial charge in [0.05, 0.1) is 5.60 Å². The van der Waals surface area contributed by atoms with E-state index in [0.29, 0.717) is 28.1 Å². The molecule has 34 heavy (non-hydrogen) atoms. The van der Waals surface area contributed by atoms with Gasteiger partial charge in [0.25, 0.3) is 0 Å². The van der Waals surface area contributed by atoms with Crippen LogP contribution in [0.4, 0.5) is 4.39 Å². The number of fused-ring (bicyclic) bond motifs is 2. The topological polar surface area (TPSA) is 102 Å². The van der Waals surface area contributed by atoms with Crippen molar-refractivity contribution < 1.29 is 14.2 Å². The molecule has 3 aromatic heterocycles. The van der Waals surface area contributed by atoms with E-state index in [1.807, 2.05) is 16.7 Å². The maximum Gasteiger partial charge on any atom is 0.187 e. The van der Waals surface area contributed by atoms with Crippen molar-refractivity contribution in [1.82, 2.24) is 24.5 Å². The Morgan fingerprint density at radius 3 is 2.79 bits per heavy atom. The van der Waals surface area contributed by atoms with E-state index in [-0.39, 0.29) is 24.4 Å². The summed E-state index contributed by atoms with van der Waals surface area (Å²) in [5.74, 6) is 0.426. The predicted octanol–water partition coefficient (Wildman–Crippen LogP) is 3.33. The summed E-state index contributed by atoms with van der Waals surface area (Å²) in [4.78, 5) is 7.13. The van der Waals surface area contributed by atoms with Crippen molar-refractivity contribution >= 4 is 16.6 Å². The van der Waals surface area contributed by atoms with E-state index in [0.717, 1.165) is 25.1 Å². The molecule has 1 aliphatic heterocycles. The van der Waals surface area contributed by atoms with Gasteiger partial charge < -0.3 is 15.6 Å². The van der Waals surface area contributed by atoms with Crippen LogP contribution in [0.15, 0.2) is 42.6 Å². The molecule has 8 nitrogen and oxygen atoms in total. The molecule has 178 valence electrons. The highest BCUT2D eigenvalue weighted by Crippen LogP contribution is 2.30. The molecule has 0 radical (unpaired) electrons. The van der Waals surface area contributed by atoms with Gasteiger partial charge in [-0.15, -0.1) is 10.2 Å². The molecule has 0 amide bonds. The van der Waals surface area contributed by atoms with Gasteiger partial charge >= 0.3 is 0 Å². The smallest absolute Gasteiger partial charge is 0.187 e. The molecule has 4 heterocycles. The minimum atomic E-state index is -1.06. The predicted molar refractivity (Wildman–Crippen MR) is 128 cm³/mol. The van der Waals surface area contributed by atoms with Crippen LogP contribution in [0.2, 0.25) is 0 Å². The van der Waals surface area contributed by atoms with Gasteiger partial charge in [-0.2, -0.15) is 0 Å². The summed E-state index contributed by atoms with van der Waals surface area (Å²) >= 11 is 0. The summed E-state index contributed by atoms with van der Waals surface area (Å²) in [5, 5.41) is 19.3. The van der Waals surface area contributed by atoms with Crippen LogP contribution in [0.1, 0.15) is 38.8 Å². The summed E-state index contributed by atoms with van der Waals surface area (Å²) in [6.45, 7) is 7.30. The lowest BCUT2D eigenvalue weighted by molar-refractivity contribution is 0.0289. The Balaban J connectivity index is 1.54. The zero-order chi connectivity index (χ0) is 24.0. The van der Waals surface area contributed by atoms with Crippen LogP contribution in [-0.4, -0.2) is 60.9 Å². The van der Waals surface area contributed by atoms with Crippen molar-refractivity contribution in [1.29, 1.82) is 0 Å². The molecular weight excluding hydrogens is 435 g/mol. The minimum absolute atomic E-state index is 0.00668. The second kappa shape index (κ2) is 8.57. The van der Waals surface area contributed by atoms with Crippen molar-refractivity contribution in [2.45, 2.75) is 44.9 Å². The quantitative estimate of drug-likeness (QED) is 0.451. The molecule has 1 fully saturated rings. The first kappa shape index (κ1) is 22.6. The van der Waals surface area contributed by atoms with Gasteiger partial charge in [0.1, 0.15) is 29.4 Å². The van der Waals surface area contributed by atoms with Crippen LogP contribution in [0.25, 0.3) is 28.1 Å². The van der Waals surface area contributed by atoms with Crippen LogP contribution >= 0.6 is 0 Å². The lowest BCUT2D eigenvalue weighted by Gasteiger charge is -2.24. The second-order valence-corrected chi connectivity index (χ2v) is 9.71. The van der Waals surface area contributed by atoms with E-state index >= 15 is 0 Å². The molecule has 2 atom stereocenters. The van der Waals surface area contributed by atoms with Crippen molar-refractivity contribution in [2.24, 2.45) is 5.73 Å². The molecule has 0 unspecified atom stereocenters. The fourth-order valence-corrected chi connectivity index (χ4v) is 4.36. The Bertz CT molecular complexity index is 1350. The highest BCUT2D eigenvalue weighted by Gasteiger charge is 2.25. The molecule has 1 aliphatic rings. The highest BCUT2D eigenvalue weighted by molar-refractivity contribution is 5.86. The normalized spacial score (nSPS) is 18.1. The number of pyridine rings is 2. The molecule has 0 spiro atoms. The first-order chi connectivity index (χ1) is 16.2. The number of benzene rings is 1. The number of hydrogen-bond donors (Lipinski definition) is 2. The number of aliphatic hydroxyl groups is 1. The molecule has 4 aromatic rings. The molecule has 0 saturated carbocycles. The fourth-order valence-electron chi connectivity index (χ4n) is 4.36. The SMILES string of the molecule is C[C@@H](c1ccc2nnc(-c3ccc4cc(F)cc(OCC(C)(C)O)c4n3)n2c1)N1CC[C@H](N)C1. The third-order valence-corrected chi connectivity index (χ3v) is 6.24. The first-order valence-electron chi connectivity index (χ1n) is 11.5. The maximum absolute atomic E-state index is 14.2. The molecule has 0 bridgehead atoms. The number of ether oxygens (including phenoxy) is 1. The molecular formula is C25H29FN6O2. The van der Waals surface area contributed by atoms with Crippen molar-refractivity contribution in [2.75, 3.05) is 19.7 Å². The van der Waals surface area contributed by atoms with Gasteiger partial charge in [-0.05, 0) is 51.0 Å². The highest BCUT2D eigenvalue weighted by atomic mass is 19.1. The lowest BCUT2D eigenvalue weighted by atomic mass is 10.1. The number of halogens is 1. The Hall–Kier alpha value is -3.14. The molecule has 1 aromatic carbocycles. The van der Waals surface area contributed by atoms with Gasteiger partial charge in [-0.3, -0.25) is 9.30 Å². The minimum Gasteiger partial charge on any atom is -0.488 e. The zero-order valence-corrected chi connectivity index (χ0v) is 19.6.